The summed E-state index contributed by atoms with van der Waals surface area (Å²) in [7, 11) is -2.42. The normalized spacial score (nSPS) is 13.7. The van der Waals surface area contributed by atoms with Gasteiger partial charge in [0.05, 0.1) is 5.88 Å². The van der Waals surface area contributed by atoms with E-state index in [0.717, 1.165) is 0 Å². The van der Waals surface area contributed by atoms with Crippen LogP contribution >= 0.6 is 39.3 Å². The molecule has 1 aromatic rings. The highest BCUT2D eigenvalue weighted by molar-refractivity contribution is 9.10. The average Bonchev–Trinajstić information content (AvgIpc) is 2.45. The third kappa shape index (κ3) is 4.34. The van der Waals surface area contributed by atoms with Crippen LogP contribution < -0.4 is 0 Å². The van der Waals surface area contributed by atoms with Gasteiger partial charge in [-0.3, -0.25) is 0 Å². The van der Waals surface area contributed by atoms with Gasteiger partial charge >= 0.3 is 0 Å². The van der Waals surface area contributed by atoms with Gasteiger partial charge in [0.2, 0.25) is 10.0 Å². The number of rotatable bonds is 7. The first-order valence-electron chi connectivity index (χ1n) is 6.30. The van der Waals surface area contributed by atoms with E-state index in [9.17, 15) is 12.8 Å². The zero-order valence-electron chi connectivity index (χ0n) is 12.1. The van der Waals surface area contributed by atoms with Crippen LogP contribution in [0.15, 0.2) is 21.5 Å². The summed E-state index contributed by atoms with van der Waals surface area (Å²) in [6.07, 6.45) is 2.57. The maximum atomic E-state index is 14.3. The number of halogens is 3. The molecule has 0 spiro atoms. The van der Waals surface area contributed by atoms with Gasteiger partial charge in [-0.2, -0.15) is 16.1 Å². The summed E-state index contributed by atoms with van der Waals surface area (Å²) in [6, 6.07) is 2.59. The average molecular weight is 419 g/mol. The van der Waals surface area contributed by atoms with E-state index < -0.39 is 15.8 Å². The Balaban J connectivity index is 3.33. The van der Waals surface area contributed by atoms with E-state index in [4.69, 9.17) is 11.6 Å². The summed E-state index contributed by atoms with van der Waals surface area (Å²) in [4.78, 5) is -0.338. The summed E-state index contributed by atoms with van der Waals surface area (Å²) < 4.78 is 41.4. The fourth-order valence-corrected chi connectivity index (χ4v) is 5.28. The van der Waals surface area contributed by atoms with E-state index in [1.165, 1.54) is 23.5 Å². The van der Waals surface area contributed by atoms with Crippen molar-refractivity contribution in [1.29, 1.82) is 0 Å². The molecule has 1 rings (SSSR count). The third-order valence-electron chi connectivity index (χ3n) is 3.22. The Morgan fingerprint density at radius 1 is 1.48 bits per heavy atom. The number of benzene rings is 1. The Morgan fingerprint density at radius 3 is 2.57 bits per heavy atom. The molecule has 0 aliphatic heterocycles. The van der Waals surface area contributed by atoms with Crippen LogP contribution in [0.1, 0.15) is 18.9 Å². The number of sulfonamides is 1. The molecular formula is C13H18BrClFNO2S2. The Hall–Kier alpha value is 0.180. The van der Waals surface area contributed by atoms with Crippen molar-refractivity contribution in [3.63, 3.8) is 0 Å². The van der Waals surface area contributed by atoms with Crippen molar-refractivity contribution in [2.24, 2.45) is 0 Å². The minimum Gasteiger partial charge on any atom is -0.207 e. The molecular weight excluding hydrogens is 401 g/mol. The molecule has 0 bridgehead atoms. The second-order valence-corrected chi connectivity index (χ2v) is 8.61. The predicted octanol–water partition coefficient (Wildman–Crippen LogP) is 4.09. The summed E-state index contributed by atoms with van der Waals surface area (Å²) in [5.41, 5.74) is 0.163. The maximum absolute atomic E-state index is 14.3. The van der Waals surface area contributed by atoms with Crippen molar-refractivity contribution in [2.75, 3.05) is 19.1 Å². The standard InChI is InChI=1S/C13H18BrClFNO2S2/c1-4-11(8-20-3)17(2)21(18,19)12-6-10(14)5-9(7-15)13(12)16/h5-6,11H,4,7-8H2,1-3H3. The monoisotopic (exact) mass is 417 g/mol. The van der Waals surface area contributed by atoms with Gasteiger partial charge in [-0.15, -0.1) is 11.6 Å². The van der Waals surface area contributed by atoms with Crippen LogP contribution in [-0.2, 0) is 15.9 Å². The molecule has 0 saturated heterocycles. The van der Waals surface area contributed by atoms with Crippen LogP contribution in [-0.4, -0.2) is 37.8 Å². The molecule has 3 nitrogen and oxygen atoms in total. The zero-order valence-corrected chi connectivity index (χ0v) is 16.0. The lowest BCUT2D eigenvalue weighted by Crippen LogP contribution is -2.38. The van der Waals surface area contributed by atoms with Gasteiger partial charge in [-0.1, -0.05) is 22.9 Å². The minimum absolute atomic E-state index is 0.0838. The fourth-order valence-electron chi connectivity index (χ4n) is 1.93. The van der Waals surface area contributed by atoms with Crippen LogP contribution in [0.25, 0.3) is 0 Å². The zero-order chi connectivity index (χ0) is 16.2. The summed E-state index contributed by atoms with van der Waals surface area (Å²) in [5, 5.41) is 0. The lowest BCUT2D eigenvalue weighted by Gasteiger charge is -2.26. The van der Waals surface area contributed by atoms with Crippen LogP contribution in [0.3, 0.4) is 0 Å². The van der Waals surface area contributed by atoms with Gasteiger partial charge in [0, 0.05) is 28.9 Å². The quantitative estimate of drug-likeness (QED) is 0.626. The number of hydrogen-bond donors (Lipinski definition) is 0. The van der Waals surface area contributed by atoms with Crippen molar-refractivity contribution in [3.8, 4) is 0 Å². The lowest BCUT2D eigenvalue weighted by atomic mass is 10.2. The van der Waals surface area contributed by atoms with Crippen LogP contribution in [0.4, 0.5) is 4.39 Å². The van der Waals surface area contributed by atoms with Crippen molar-refractivity contribution in [1.82, 2.24) is 4.31 Å². The molecule has 1 aromatic carbocycles. The predicted molar refractivity (Wildman–Crippen MR) is 91.1 cm³/mol. The highest BCUT2D eigenvalue weighted by Gasteiger charge is 2.30. The highest BCUT2D eigenvalue weighted by atomic mass is 79.9. The van der Waals surface area contributed by atoms with Crippen molar-refractivity contribution >= 4 is 49.3 Å². The minimum atomic E-state index is -3.90. The molecule has 0 heterocycles. The smallest absolute Gasteiger partial charge is 0.207 e. The first-order valence-corrected chi connectivity index (χ1v) is 10.5. The summed E-state index contributed by atoms with van der Waals surface area (Å²) in [6.45, 7) is 1.91. The topological polar surface area (TPSA) is 37.4 Å². The van der Waals surface area contributed by atoms with E-state index >= 15 is 0 Å². The number of nitrogens with zero attached hydrogens (tertiary/aromatic N) is 1. The maximum Gasteiger partial charge on any atom is 0.246 e. The SMILES string of the molecule is CCC(CSC)N(C)S(=O)(=O)c1cc(Br)cc(CCl)c1F. The number of alkyl halides is 1. The van der Waals surface area contributed by atoms with Gasteiger partial charge in [-0.25, -0.2) is 12.8 Å². The van der Waals surface area contributed by atoms with E-state index in [1.807, 2.05) is 13.2 Å². The largest absolute Gasteiger partial charge is 0.246 e. The molecule has 0 aromatic heterocycles. The van der Waals surface area contributed by atoms with Crippen molar-refractivity contribution < 1.29 is 12.8 Å². The second kappa shape index (κ2) is 8.15. The van der Waals surface area contributed by atoms with E-state index in [-0.39, 0.29) is 22.4 Å². The van der Waals surface area contributed by atoms with Crippen LogP contribution in [0.5, 0.6) is 0 Å². The molecule has 0 radical (unpaired) electrons. The third-order valence-corrected chi connectivity index (χ3v) is 6.60. The van der Waals surface area contributed by atoms with Gasteiger partial charge < -0.3 is 0 Å². The van der Waals surface area contributed by atoms with Gasteiger partial charge in [0.25, 0.3) is 0 Å². The molecule has 0 aliphatic rings. The molecule has 0 saturated carbocycles. The first-order chi connectivity index (χ1) is 9.79. The number of hydrogen-bond acceptors (Lipinski definition) is 3. The Bertz CT molecular complexity index is 598. The molecule has 1 unspecified atom stereocenters. The highest BCUT2D eigenvalue weighted by Crippen LogP contribution is 2.28. The lowest BCUT2D eigenvalue weighted by molar-refractivity contribution is 0.382. The van der Waals surface area contributed by atoms with Crippen LogP contribution in [0, 0.1) is 5.82 Å². The molecule has 0 aliphatic carbocycles. The molecule has 120 valence electrons. The first kappa shape index (κ1) is 19.2. The van der Waals surface area contributed by atoms with Gasteiger partial charge in [-0.05, 0) is 24.8 Å². The molecule has 1 atom stereocenters. The van der Waals surface area contributed by atoms with Gasteiger partial charge in [0.1, 0.15) is 10.7 Å². The molecule has 21 heavy (non-hydrogen) atoms. The summed E-state index contributed by atoms with van der Waals surface area (Å²) in [5.74, 6) is -0.205. The number of thioether (sulfide) groups is 1. The Labute approximate surface area is 143 Å². The van der Waals surface area contributed by atoms with E-state index in [2.05, 4.69) is 15.9 Å². The van der Waals surface area contributed by atoms with Crippen molar-refractivity contribution in [3.05, 3.63) is 28.0 Å². The fraction of sp³-hybridized carbons (Fsp3) is 0.538. The second-order valence-electron chi connectivity index (χ2n) is 4.55. The van der Waals surface area contributed by atoms with Crippen molar-refractivity contribution in [2.45, 2.75) is 30.2 Å². The molecule has 8 heteroatoms. The molecule has 0 amide bonds. The summed E-state index contributed by atoms with van der Waals surface area (Å²) >= 11 is 10.4. The Kier molecular flexibility index (Phi) is 7.46. The van der Waals surface area contributed by atoms with E-state index in [0.29, 0.717) is 16.6 Å². The molecule has 0 fully saturated rings. The van der Waals surface area contributed by atoms with Gasteiger partial charge in [0.15, 0.2) is 0 Å². The van der Waals surface area contributed by atoms with Crippen LogP contribution in [0.2, 0.25) is 0 Å². The Morgan fingerprint density at radius 2 is 2.10 bits per heavy atom. The van der Waals surface area contributed by atoms with E-state index in [1.54, 1.807) is 11.8 Å². The molecule has 0 N–H and O–H groups in total.